The van der Waals surface area contributed by atoms with Crippen molar-refractivity contribution in [3.63, 3.8) is 0 Å². The van der Waals surface area contributed by atoms with E-state index >= 15 is 0 Å². The van der Waals surface area contributed by atoms with Crippen LogP contribution < -0.4 is 5.32 Å². The van der Waals surface area contributed by atoms with E-state index in [1.807, 2.05) is 12.1 Å². The van der Waals surface area contributed by atoms with Gasteiger partial charge in [0.05, 0.1) is 5.41 Å². The van der Waals surface area contributed by atoms with E-state index in [1.165, 1.54) is 30.6 Å². The van der Waals surface area contributed by atoms with Crippen molar-refractivity contribution < 1.29 is 4.79 Å². The van der Waals surface area contributed by atoms with Gasteiger partial charge in [-0.2, -0.15) is 0 Å². The summed E-state index contributed by atoms with van der Waals surface area (Å²) in [5.74, 6) is 0.866. The lowest BCUT2D eigenvalue weighted by molar-refractivity contribution is -0.165. The molecule has 0 radical (unpaired) electrons. The summed E-state index contributed by atoms with van der Waals surface area (Å²) < 4.78 is 0. The SMILES string of the molecule is C[C@@]12CC3CC(C(=O)Nc4nnc(-c5ccncc5)s4)(C1)C[C@@](C)(C3)C2. The highest BCUT2D eigenvalue weighted by Gasteiger charge is 2.62. The zero-order valence-electron chi connectivity index (χ0n) is 15.3. The smallest absolute Gasteiger partial charge is 0.232 e. The van der Waals surface area contributed by atoms with Crippen LogP contribution in [0.5, 0.6) is 0 Å². The summed E-state index contributed by atoms with van der Waals surface area (Å²) in [7, 11) is 0. The zero-order chi connectivity index (χ0) is 18.0. The first-order chi connectivity index (χ1) is 12.4. The van der Waals surface area contributed by atoms with E-state index in [9.17, 15) is 4.79 Å². The minimum Gasteiger partial charge on any atom is -0.300 e. The molecule has 2 aromatic rings. The average Bonchev–Trinajstić information content (AvgIpc) is 3.01. The molecule has 0 aliphatic heterocycles. The minimum absolute atomic E-state index is 0.163. The summed E-state index contributed by atoms with van der Waals surface area (Å²) >= 11 is 1.43. The lowest BCUT2D eigenvalue weighted by Gasteiger charge is -2.64. The van der Waals surface area contributed by atoms with Crippen molar-refractivity contribution in [3.8, 4) is 10.6 Å². The first kappa shape index (κ1) is 16.4. The predicted molar refractivity (Wildman–Crippen MR) is 102 cm³/mol. The maximum absolute atomic E-state index is 13.3. The quantitative estimate of drug-likeness (QED) is 0.864. The van der Waals surface area contributed by atoms with Gasteiger partial charge in [-0.15, -0.1) is 10.2 Å². The van der Waals surface area contributed by atoms with Crippen molar-refractivity contribution in [2.75, 3.05) is 5.32 Å². The van der Waals surface area contributed by atoms with Crippen molar-refractivity contribution >= 4 is 22.4 Å². The van der Waals surface area contributed by atoms with Gasteiger partial charge in [0, 0.05) is 18.0 Å². The van der Waals surface area contributed by atoms with Crippen LogP contribution in [0.1, 0.15) is 52.4 Å². The Hall–Kier alpha value is -1.82. The Kier molecular flexibility index (Phi) is 3.36. The molecule has 5 nitrogen and oxygen atoms in total. The standard InChI is InChI=1S/C20H24N4OS/c1-18-7-13-8-19(2,10-18)12-20(9-13,11-18)16(25)22-17-24-23-15(26-17)14-3-5-21-6-4-14/h3-6,13H,7-12H2,1-2H3,(H,22,24,25)/t13?,18-,19-,20?/m0/s1. The van der Waals surface area contributed by atoms with E-state index in [2.05, 4.69) is 34.3 Å². The second-order valence-electron chi connectivity index (χ2n) is 9.51. The molecule has 4 fully saturated rings. The fourth-order valence-corrected chi connectivity index (χ4v) is 7.56. The highest BCUT2D eigenvalue weighted by atomic mass is 32.1. The molecule has 4 bridgehead atoms. The molecule has 0 aromatic carbocycles. The molecule has 1 amide bonds. The van der Waals surface area contributed by atoms with Gasteiger partial charge in [0.15, 0.2) is 0 Å². The molecule has 6 heteroatoms. The lowest BCUT2D eigenvalue weighted by atomic mass is 9.40. The summed E-state index contributed by atoms with van der Waals surface area (Å²) in [5, 5.41) is 13.0. The van der Waals surface area contributed by atoms with Gasteiger partial charge in [0.25, 0.3) is 0 Å². The van der Waals surface area contributed by atoms with Crippen LogP contribution in [0.4, 0.5) is 5.13 Å². The molecule has 1 N–H and O–H groups in total. The maximum atomic E-state index is 13.3. The normalized spacial score (nSPS) is 37.7. The Morgan fingerprint density at radius 3 is 2.42 bits per heavy atom. The Balaban J connectivity index is 1.39. The molecule has 26 heavy (non-hydrogen) atoms. The van der Waals surface area contributed by atoms with E-state index in [-0.39, 0.29) is 11.3 Å². The second-order valence-corrected chi connectivity index (χ2v) is 10.5. The van der Waals surface area contributed by atoms with Gasteiger partial charge in [-0.05, 0) is 67.4 Å². The first-order valence-electron chi connectivity index (χ1n) is 9.43. The van der Waals surface area contributed by atoms with Crippen molar-refractivity contribution in [3.05, 3.63) is 24.5 Å². The van der Waals surface area contributed by atoms with Gasteiger partial charge < -0.3 is 5.32 Å². The third-order valence-electron chi connectivity index (χ3n) is 6.68. The summed E-state index contributed by atoms with van der Waals surface area (Å²) in [6.07, 6.45) is 10.4. The van der Waals surface area contributed by atoms with Crippen molar-refractivity contribution in [1.29, 1.82) is 0 Å². The zero-order valence-corrected chi connectivity index (χ0v) is 16.1. The third kappa shape index (κ3) is 2.57. The molecule has 136 valence electrons. The molecule has 2 aromatic heterocycles. The predicted octanol–water partition coefficient (Wildman–Crippen LogP) is 4.54. The lowest BCUT2D eigenvalue weighted by Crippen LogP contribution is -2.58. The molecule has 4 aliphatic rings. The van der Waals surface area contributed by atoms with E-state index in [0.29, 0.717) is 21.9 Å². The molecule has 0 unspecified atom stereocenters. The summed E-state index contributed by atoms with van der Waals surface area (Å²) in [6.45, 7) is 4.79. The molecule has 4 saturated carbocycles. The second kappa shape index (κ2) is 5.35. The van der Waals surface area contributed by atoms with Crippen LogP contribution in [-0.2, 0) is 4.79 Å². The molecule has 0 spiro atoms. The van der Waals surface area contributed by atoms with Crippen LogP contribution in [0.3, 0.4) is 0 Å². The first-order valence-corrected chi connectivity index (χ1v) is 10.2. The Morgan fingerprint density at radius 2 is 1.77 bits per heavy atom. The Bertz CT molecular complexity index is 846. The number of pyridine rings is 1. The summed E-state index contributed by atoms with van der Waals surface area (Å²) in [5.41, 5.74) is 1.42. The van der Waals surface area contributed by atoms with Crippen LogP contribution in [0.2, 0.25) is 0 Å². The number of carbonyl (C=O) groups is 1. The minimum atomic E-state index is -0.217. The van der Waals surface area contributed by atoms with Crippen LogP contribution in [0.15, 0.2) is 24.5 Å². The molecule has 4 aliphatic carbocycles. The van der Waals surface area contributed by atoms with Gasteiger partial charge in [0.2, 0.25) is 11.0 Å². The Morgan fingerprint density at radius 1 is 1.08 bits per heavy atom. The maximum Gasteiger partial charge on any atom is 0.232 e. The van der Waals surface area contributed by atoms with Crippen LogP contribution in [0, 0.1) is 22.2 Å². The fraction of sp³-hybridized carbons (Fsp3) is 0.600. The van der Waals surface area contributed by atoms with Crippen molar-refractivity contribution in [1.82, 2.24) is 15.2 Å². The largest absolute Gasteiger partial charge is 0.300 e. The monoisotopic (exact) mass is 368 g/mol. The van der Waals surface area contributed by atoms with E-state index in [4.69, 9.17) is 0 Å². The molecular formula is C20H24N4OS. The number of hydrogen-bond acceptors (Lipinski definition) is 5. The van der Waals surface area contributed by atoms with Crippen LogP contribution >= 0.6 is 11.3 Å². The average molecular weight is 369 g/mol. The molecule has 2 atom stereocenters. The third-order valence-corrected chi connectivity index (χ3v) is 7.57. The van der Waals surface area contributed by atoms with Gasteiger partial charge in [-0.3, -0.25) is 9.78 Å². The van der Waals surface area contributed by atoms with Crippen LogP contribution in [-0.4, -0.2) is 21.1 Å². The van der Waals surface area contributed by atoms with E-state index < -0.39 is 0 Å². The molecule has 6 rings (SSSR count). The van der Waals surface area contributed by atoms with Crippen LogP contribution in [0.25, 0.3) is 10.6 Å². The van der Waals surface area contributed by atoms with Crippen molar-refractivity contribution in [2.24, 2.45) is 22.2 Å². The van der Waals surface area contributed by atoms with E-state index in [1.54, 1.807) is 12.4 Å². The number of nitrogens with zero attached hydrogens (tertiary/aromatic N) is 3. The number of hydrogen-bond donors (Lipinski definition) is 1. The number of anilines is 1. The molecular weight excluding hydrogens is 344 g/mol. The fourth-order valence-electron chi connectivity index (χ4n) is 6.82. The van der Waals surface area contributed by atoms with Gasteiger partial charge in [-0.25, -0.2) is 0 Å². The number of rotatable bonds is 3. The summed E-state index contributed by atoms with van der Waals surface area (Å²) in [6, 6.07) is 3.82. The number of nitrogens with one attached hydrogen (secondary N) is 1. The van der Waals surface area contributed by atoms with Gasteiger partial charge in [-0.1, -0.05) is 25.2 Å². The topological polar surface area (TPSA) is 67.8 Å². The molecule has 0 saturated heterocycles. The Labute approximate surface area is 157 Å². The number of amides is 1. The highest BCUT2D eigenvalue weighted by molar-refractivity contribution is 7.18. The van der Waals surface area contributed by atoms with Crippen molar-refractivity contribution in [2.45, 2.75) is 52.4 Å². The number of carbonyl (C=O) groups excluding carboxylic acids is 1. The van der Waals surface area contributed by atoms with E-state index in [0.717, 1.165) is 29.8 Å². The number of aromatic nitrogens is 3. The highest BCUT2D eigenvalue weighted by Crippen LogP contribution is 2.69. The van der Waals surface area contributed by atoms with Gasteiger partial charge in [0.1, 0.15) is 5.01 Å². The summed E-state index contributed by atoms with van der Waals surface area (Å²) in [4.78, 5) is 17.3. The van der Waals surface area contributed by atoms with Gasteiger partial charge >= 0.3 is 0 Å². The molecule has 2 heterocycles.